The molecule has 0 fully saturated rings. The van der Waals surface area contributed by atoms with Crippen LogP contribution >= 0.6 is 27.3 Å². The number of anilines is 1. The maximum Gasteiger partial charge on any atom is 0.271 e. The molecule has 0 radical (unpaired) electrons. The summed E-state index contributed by atoms with van der Waals surface area (Å²) < 4.78 is 53.2. The maximum atomic E-state index is 13.6. The summed E-state index contributed by atoms with van der Waals surface area (Å²) in [6, 6.07) is 4.77. The highest BCUT2D eigenvalue weighted by Crippen LogP contribution is 2.28. The van der Waals surface area contributed by atoms with Gasteiger partial charge in [0.05, 0.1) is 10.2 Å². The summed E-state index contributed by atoms with van der Waals surface area (Å²) in [5.74, 6) is -1.78. The molecule has 0 saturated heterocycles. The quantitative estimate of drug-likeness (QED) is 0.762. The normalized spacial score (nSPS) is 11.6. The second kappa shape index (κ2) is 6.39. The van der Waals surface area contributed by atoms with Crippen LogP contribution in [0, 0.1) is 11.6 Å². The van der Waals surface area contributed by atoms with Crippen molar-refractivity contribution in [1.82, 2.24) is 5.32 Å². The van der Waals surface area contributed by atoms with Gasteiger partial charge in [-0.25, -0.2) is 17.2 Å². The molecule has 0 aliphatic carbocycles. The van der Waals surface area contributed by atoms with E-state index in [0.717, 1.165) is 22.3 Å². The third-order valence-corrected chi connectivity index (χ3v) is 6.06. The molecule has 2 rings (SSSR count). The first kappa shape index (κ1) is 16.3. The second-order valence-electron chi connectivity index (χ2n) is 4.10. The number of nitrogens with one attached hydrogen (secondary N) is 2. The Morgan fingerprint density at radius 2 is 1.95 bits per heavy atom. The van der Waals surface area contributed by atoms with Gasteiger partial charge in [0.2, 0.25) is 0 Å². The Kier molecular flexibility index (Phi) is 4.97. The lowest BCUT2D eigenvalue weighted by Crippen LogP contribution is -2.13. The Hall–Kier alpha value is -1.03. The molecule has 2 N–H and O–H groups in total. The zero-order chi connectivity index (χ0) is 15.6. The van der Waals surface area contributed by atoms with E-state index in [1.54, 1.807) is 13.1 Å². The molecule has 0 spiro atoms. The first-order valence-corrected chi connectivity index (χ1v) is 8.83. The zero-order valence-electron chi connectivity index (χ0n) is 10.8. The largest absolute Gasteiger partial charge is 0.315 e. The monoisotopic (exact) mass is 396 g/mol. The summed E-state index contributed by atoms with van der Waals surface area (Å²) in [5, 5.41) is 2.91. The van der Waals surface area contributed by atoms with E-state index >= 15 is 0 Å². The van der Waals surface area contributed by atoms with Crippen LogP contribution in [0.15, 0.2) is 32.9 Å². The van der Waals surface area contributed by atoms with Gasteiger partial charge in [-0.15, -0.1) is 11.3 Å². The molecule has 0 aliphatic rings. The van der Waals surface area contributed by atoms with Crippen molar-refractivity contribution in [2.45, 2.75) is 10.8 Å². The Morgan fingerprint density at radius 1 is 1.24 bits per heavy atom. The van der Waals surface area contributed by atoms with Gasteiger partial charge in [0.15, 0.2) is 0 Å². The molecule has 1 heterocycles. The highest BCUT2D eigenvalue weighted by molar-refractivity contribution is 9.10. The number of sulfonamides is 1. The van der Waals surface area contributed by atoms with Gasteiger partial charge in [-0.2, -0.15) is 0 Å². The molecule has 114 valence electrons. The second-order valence-corrected chi connectivity index (χ2v) is 8.03. The smallest absolute Gasteiger partial charge is 0.271 e. The van der Waals surface area contributed by atoms with Crippen molar-refractivity contribution in [2.24, 2.45) is 0 Å². The third kappa shape index (κ3) is 3.79. The van der Waals surface area contributed by atoms with Gasteiger partial charge in [0.1, 0.15) is 15.8 Å². The molecule has 0 atom stereocenters. The first-order chi connectivity index (χ1) is 9.83. The molecular formula is C12H11BrF2N2O2S2. The van der Waals surface area contributed by atoms with E-state index < -0.39 is 21.7 Å². The van der Waals surface area contributed by atoms with Crippen LogP contribution < -0.4 is 10.0 Å². The molecule has 21 heavy (non-hydrogen) atoms. The standard InChI is InChI=1S/C12H11BrF2N2O2S2/c1-16-6-7-2-3-12(20-7)21(18,19)17-11-4-8(13)9(14)5-10(11)15/h2-5,16-17H,6H2,1H3. The predicted molar refractivity (Wildman–Crippen MR) is 81.9 cm³/mol. The Balaban J connectivity index is 2.30. The van der Waals surface area contributed by atoms with Crippen molar-refractivity contribution in [2.75, 3.05) is 11.8 Å². The van der Waals surface area contributed by atoms with Crippen molar-refractivity contribution >= 4 is 43.0 Å². The maximum absolute atomic E-state index is 13.6. The van der Waals surface area contributed by atoms with Gasteiger partial charge >= 0.3 is 0 Å². The number of thiophene rings is 1. The fourth-order valence-electron chi connectivity index (χ4n) is 1.57. The summed E-state index contributed by atoms with van der Waals surface area (Å²) in [6.07, 6.45) is 0. The van der Waals surface area contributed by atoms with E-state index in [1.807, 2.05) is 0 Å². The lowest BCUT2D eigenvalue weighted by molar-refractivity contribution is 0.579. The van der Waals surface area contributed by atoms with Crippen molar-refractivity contribution in [3.8, 4) is 0 Å². The Labute approximate surface area is 133 Å². The van der Waals surface area contributed by atoms with Crippen molar-refractivity contribution in [1.29, 1.82) is 0 Å². The Bertz CT molecular complexity index is 763. The van der Waals surface area contributed by atoms with Crippen molar-refractivity contribution < 1.29 is 17.2 Å². The van der Waals surface area contributed by atoms with Gasteiger partial charge in [-0.05, 0) is 41.2 Å². The van der Waals surface area contributed by atoms with Crippen molar-refractivity contribution in [3.05, 3.63) is 45.2 Å². The summed E-state index contributed by atoms with van der Waals surface area (Å²) in [5.41, 5.74) is -0.313. The lowest BCUT2D eigenvalue weighted by atomic mass is 10.3. The van der Waals surface area contributed by atoms with Crippen LogP contribution in [0.5, 0.6) is 0 Å². The average molecular weight is 397 g/mol. The predicted octanol–water partition coefficient (Wildman–Crippen LogP) is 3.31. The molecular weight excluding hydrogens is 386 g/mol. The van der Waals surface area contributed by atoms with Crippen LogP contribution in [0.25, 0.3) is 0 Å². The van der Waals surface area contributed by atoms with Gasteiger partial charge in [-0.3, -0.25) is 4.72 Å². The van der Waals surface area contributed by atoms with Crippen molar-refractivity contribution in [3.63, 3.8) is 0 Å². The highest BCUT2D eigenvalue weighted by Gasteiger charge is 2.19. The molecule has 0 bridgehead atoms. The SMILES string of the molecule is CNCc1ccc(S(=O)(=O)Nc2cc(Br)c(F)cc2F)s1. The van der Waals surface area contributed by atoms with Crippen LogP contribution in [-0.2, 0) is 16.6 Å². The van der Waals surface area contributed by atoms with Crippen LogP contribution in [0.1, 0.15) is 4.88 Å². The summed E-state index contributed by atoms with van der Waals surface area (Å²) in [6.45, 7) is 0.538. The van der Waals surface area contributed by atoms with Crippen LogP contribution in [0.2, 0.25) is 0 Å². The molecule has 0 amide bonds. The Morgan fingerprint density at radius 3 is 2.62 bits per heavy atom. The minimum absolute atomic E-state index is 0.0244. The van der Waals surface area contributed by atoms with Gasteiger partial charge in [0.25, 0.3) is 10.0 Å². The van der Waals surface area contributed by atoms with Gasteiger partial charge in [0, 0.05) is 17.5 Å². The fourth-order valence-corrected chi connectivity index (χ4v) is 4.34. The van der Waals surface area contributed by atoms with E-state index in [0.29, 0.717) is 12.6 Å². The molecule has 0 unspecified atom stereocenters. The average Bonchev–Trinajstić information content (AvgIpc) is 2.86. The minimum Gasteiger partial charge on any atom is -0.315 e. The van der Waals surface area contributed by atoms with E-state index in [-0.39, 0.29) is 14.4 Å². The molecule has 2 aromatic rings. The zero-order valence-corrected chi connectivity index (χ0v) is 14.0. The molecule has 1 aromatic heterocycles. The molecule has 4 nitrogen and oxygen atoms in total. The van der Waals surface area contributed by atoms with E-state index in [4.69, 9.17) is 0 Å². The van der Waals surface area contributed by atoms with Gasteiger partial charge < -0.3 is 5.32 Å². The van der Waals surface area contributed by atoms with Crippen LogP contribution in [-0.4, -0.2) is 15.5 Å². The summed E-state index contributed by atoms with van der Waals surface area (Å²) in [4.78, 5) is 0.832. The van der Waals surface area contributed by atoms with E-state index in [1.165, 1.54) is 6.07 Å². The minimum atomic E-state index is -3.91. The fraction of sp³-hybridized carbons (Fsp3) is 0.167. The highest BCUT2D eigenvalue weighted by atomic mass is 79.9. The van der Waals surface area contributed by atoms with Crippen LogP contribution in [0.3, 0.4) is 0 Å². The number of hydrogen-bond acceptors (Lipinski definition) is 4. The first-order valence-electron chi connectivity index (χ1n) is 5.74. The molecule has 0 aliphatic heterocycles. The number of hydrogen-bond donors (Lipinski definition) is 2. The summed E-state index contributed by atoms with van der Waals surface area (Å²) >= 11 is 3.96. The lowest BCUT2D eigenvalue weighted by Gasteiger charge is -2.08. The van der Waals surface area contributed by atoms with E-state index in [2.05, 4.69) is 26.0 Å². The number of halogens is 3. The number of rotatable bonds is 5. The van der Waals surface area contributed by atoms with Crippen LogP contribution in [0.4, 0.5) is 14.5 Å². The molecule has 1 aromatic carbocycles. The summed E-state index contributed by atoms with van der Waals surface area (Å²) in [7, 11) is -2.16. The third-order valence-electron chi connectivity index (χ3n) is 2.51. The van der Waals surface area contributed by atoms with Gasteiger partial charge in [-0.1, -0.05) is 0 Å². The van der Waals surface area contributed by atoms with E-state index in [9.17, 15) is 17.2 Å². The topological polar surface area (TPSA) is 58.2 Å². The number of benzene rings is 1. The molecule has 0 saturated carbocycles. The molecule has 9 heteroatoms.